The van der Waals surface area contributed by atoms with E-state index in [1.165, 1.54) is 0 Å². The van der Waals surface area contributed by atoms with Crippen molar-refractivity contribution < 1.29 is 14.7 Å². The van der Waals surface area contributed by atoms with Gasteiger partial charge in [0.05, 0.1) is 11.8 Å². The highest BCUT2D eigenvalue weighted by Crippen LogP contribution is 2.37. The summed E-state index contributed by atoms with van der Waals surface area (Å²) in [6, 6.07) is 0.317. The molecule has 0 saturated heterocycles. The molecule has 0 aromatic rings. The van der Waals surface area contributed by atoms with Crippen LogP contribution in [0.4, 0.5) is 0 Å². The number of carbonyl (C=O) groups excluding carboxylic acids is 1. The molecular formula is C13H21NO3. The van der Waals surface area contributed by atoms with Crippen molar-refractivity contribution in [3.05, 3.63) is 0 Å². The van der Waals surface area contributed by atoms with Gasteiger partial charge < -0.3 is 10.4 Å². The Morgan fingerprint density at radius 1 is 1.29 bits per heavy atom. The van der Waals surface area contributed by atoms with Crippen molar-refractivity contribution in [3.63, 3.8) is 0 Å². The summed E-state index contributed by atoms with van der Waals surface area (Å²) in [4.78, 5) is 23.0. The Balaban J connectivity index is 1.82. The molecule has 2 N–H and O–H groups in total. The van der Waals surface area contributed by atoms with Gasteiger partial charge in [-0.2, -0.15) is 0 Å². The van der Waals surface area contributed by atoms with Crippen LogP contribution >= 0.6 is 0 Å². The molecular weight excluding hydrogens is 218 g/mol. The van der Waals surface area contributed by atoms with Crippen molar-refractivity contribution in [1.29, 1.82) is 0 Å². The van der Waals surface area contributed by atoms with Crippen LogP contribution in [0.5, 0.6) is 0 Å². The second kappa shape index (κ2) is 5.07. The Morgan fingerprint density at radius 2 is 2.00 bits per heavy atom. The summed E-state index contributed by atoms with van der Waals surface area (Å²) in [5.74, 6) is -0.968. The summed E-state index contributed by atoms with van der Waals surface area (Å²) in [6.45, 7) is 2.15. The first-order valence-corrected chi connectivity index (χ1v) is 6.66. The molecule has 0 heterocycles. The van der Waals surface area contributed by atoms with Crippen molar-refractivity contribution >= 4 is 11.9 Å². The normalized spacial score (nSPS) is 35.6. The lowest BCUT2D eigenvalue weighted by Crippen LogP contribution is -2.37. The van der Waals surface area contributed by atoms with E-state index in [1.807, 2.05) is 0 Å². The lowest BCUT2D eigenvalue weighted by Gasteiger charge is -2.15. The molecule has 96 valence electrons. The number of amides is 1. The number of carbonyl (C=O) groups is 2. The lowest BCUT2D eigenvalue weighted by molar-refractivity contribution is -0.146. The average Bonchev–Trinajstić information content (AvgIpc) is 2.83. The summed E-state index contributed by atoms with van der Waals surface area (Å²) >= 11 is 0. The summed E-state index contributed by atoms with van der Waals surface area (Å²) in [7, 11) is 0. The van der Waals surface area contributed by atoms with Crippen LogP contribution in [-0.4, -0.2) is 23.0 Å². The number of carboxylic acid groups (broad SMARTS) is 1. The summed E-state index contributed by atoms with van der Waals surface area (Å²) in [5, 5.41) is 12.1. The van der Waals surface area contributed by atoms with Crippen LogP contribution in [-0.2, 0) is 9.59 Å². The van der Waals surface area contributed by atoms with Crippen LogP contribution in [0.25, 0.3) is 0 Å². The largest absolute Gasteiger partial charge is 0.481 e. The average molecular weight is 239 g/mol. The Labute approximate surface area is 102 Å². The van der Waals surface area contributed by atoms with E-state index in [0.29, 0.717) is 18.4 Å². The van der Waals surface area contributed by atoms with Crippen LogP contribution < -0.4 is 5.32 Å². The predicted molar refractivity (Wildman–Crippen MR) is 63.4 cm³/mol. The maximum absolute atomic E-state index is 12.0. The van der Waals surface area contributed by atoms with Crippen LogP contribution in [0.15, 0.2) is 0 Å². The fourth-order valence-corrected chi connectivity index (χ4v) is 2.97. The van der Waals surface area contributed by atoms with Crippen molar-refractivity contribution in [3.8, 4) is 0 Å². The molecule has 2 saturated carbocycles. The Morgan fingerprint density at radius 3 is 2.65 bits per heavy atom. The monoisotopic (exact) mass is 239 g/mol. The highest BCUT2D eigenvalue weighted by Gasteiger charge is 2.42. The van der Waals surface area contributed by atoms with Gasteiger partial charge in [0, 0.05) is 6.04 Å². The Hall–Kier alpha value is -1.06. The molecule has 4 nitrogen and oxygen atoms in total. The van der Waals surface area contributed by atoms with E-state index < -0.39 is 11.9 Å². The minimum Gasteiger partial charge on any atom is -0.481 e. The molecule has 0 bridgehead atoms. The Kier molecular flexibility index (Phi) is 3.69. The molecule has 0 aromatic carbocycles. The van der Waals surface area contributed by atoms with Gasteiger partial charge in [-0.25, -0.2) is 0 Å². The SMILES string of the molecule is CCCC1CC1NC(=O)[C@@H]1CCC[C@@H]1C(=O)O. The van der Waals surface area contributed by atoms with Gasteiger partial charge in [-0.15, -0.1) is 0 Å². The van der Waals surface area contributed by atoms with Crippen molar-refractivity contribution in [2.24, 2.45) is 17.8 Å². The van der Waals surface area contributed by atoms with Gasteiger partial charge in [0.25, 0.3) is 0 Å². The first kappa shape index (κ1) is 12.4. The number of hydrogen-bond donors (Lipinski definition) is 2. The maximum atomic E-state index is 12.0. The van der Waals surface area contributed by atoms with E-state index >= 15 is 0 Å². The molecule has 0 aliphatic heterocycles. The van der Waals surface area contributed by atoms with E-state index in [4.69, 9.17) is 5.11 Å². The van der Waals surface area contributed by atoms with Crippen LogP contribution in [0.3, 0.4) is 0 Å². The third kappa shape index (κ3) is 2.79. The number of aliphatic carboxylic acids is 1. The highest BCUT2D eigenvalue weighted by atomic mass is 16.4. The van der Waals surface area contributed by atoms with Crippen molar-refractivity contribution in [1.82, 2.24) is 5.32 Å². The first-order chi connectivity index (χ1) is 8.13. The number of carboxylic acids is 1. The molecule has 0 radical (unpaired) electrons. The van der Waals surface area contributed by atoms with E-state index in [0.717, 1.165) is 32.1 Å². The van der Waals surface area contributed by atoms with Gasteiger partial charge in [-0.3, -0.25) is 9.59 Å². The molecule has 2 rings (SSSR count). The molecule has 2 aliphatic rings. The third-order valence-corrected chi connectivity index (χ3v) is 4.08. The van der Waals surface area contributed by atoms with Gasteiger partial charge in [0.1, 0.15) is 0 Å². The zero-order valence-corrected chi connectivity index (χ0v) is 10.3. The smallest absolute Gasteiger partial charge is 0.307 e. The zero-order chi connectivity index (χ0) is 12.4. The first-order valence-electron chi connectivity index (χ1n) is 6.66. The lowest BCUT2D eigenvalue weighted by atomic mass is 9.95. The van der Waals surface area contributed by atoms with Crippen LogP contribution in [0.1, 0.15) is 45.4 Å². The van der Waals surface area contributed by atoms with Gasteiger partial charge in [-0.05, 0) is 31.6 Å². The molecule has 4 heteroatoms. The fourth-order valence-electron chi connectivity index (χ4n) is 2.97. The molecule has 1 amide bonds. The summed E-state index contributed by atoms with van der Waals surface area (Å²) in [6.07, 6.45) is 5.63. The Bertz CT molecular complexity index is 316. The van der Waals surface area contributed by atoms with Crippen LogP contribution in [0, 0.1) is 17.8 Å². The fraction of sp³-hybridized carbons (Fsp3) is 0.846. The van der Waals surface area contributed by atoms with E-state index in [-0.39, 0.29) is 11.8 Å². The summed E-state index contributed by atoms with van der Waals surface area (Å²) in [5.41, 5.74) is 0. The van der Waals surface area contributed by atoms with Gasteiger partial charge in [-0.1, -0.05) is 19.8 Å². The standard InChI is InChI=1S/C13H21NO3/c1-2-4-8-7-11(8)14-12(15)9-5-3-6-10(9)13(16)17/h8-11H,2-7H2,1H3,(H,14,15)(H,16,17)/t8?,9-,10+,11?/m1/s1. The van der Waals surface area contributed by atoms with Gasteiger partial charge >= 0.3 is 5.97 Å². The van der Waals surface area contributed by atoms with E-state index in [9.17, 15) is 9.59 Å². The molecule has 0 aromatic heterocycles. The maximum Gasteiger partial charge on any atom is 0.307 e. The molecule has 0 spiro atoms. The van der Waals surface area contributed by atoms with E-state index in [1.54, 1.807) is 0 Å². The molecule has 2 aliphatic carbocycles. The third-order valence-electron chi connectivity index (χ3n) is 4.08. The quantitative estimate of drug-likeness (QED) is 0.768. The van der Waals surface area contributed by atoms with Crippen molar-refractivity contribution in [2.75, 3.05) is 0 Å². The predicted octanol–water partition coefficient (Wildman–Crippen LogP) is 1.79. The van der Waals surface area contributed by atoms with Gasteiger partial charge in [0.2, 0.25) is 5.91 Å². The second-order valence-corrected chi connectivity index (χ2v) is 5.38. The topological polar surface area (TPSA) is 66.4 Å². The number of rotatable bonds is 5. The molecule has 17 heavy (non-hydrogen) atoms. The summed E-state index contributed by atoms with van der Waals surface area (Å²) < 4.78 is 0. The van der Waals surface area contributed by atoms with Crippen molar-refractivity contribution in [2.45, 2.75) is 51.5 Å². The number of nitrogens with one attached hydrogen (secondary N) is 1. The zero-order valence-electron chi connectivity index (χ0n) is 10.3. The minimum atomic E-state index is -0.816. The number of hydrogen-bond acceptors (Lipinski definition) is 2. The second-order valence-electron chi connectivity index (χ2n) is 5.38. The van der Waals surface area contributed by atoms with E-state index in [2.05, 4.69) is 12.2 Å². The molecule has 4 atom stereocenters. The molecule has 2 fully saturated rings. The van der Waals surface area contributed by atoms with Gasteiger partial charge in [0.15, 0.2) is 0 Å². The highest BCUT2D eigenvalue weighted by molar-refractivity contribution is 5.85. The van der Waals surface area contributed by atoms with Crippen LogP contribution in [0.2, 0.25) is 0 Å². The molecule has 2 unspecified atom stereocenters. The minimum absolute atomic E-state index is 0.0292.